The van der Waals surface area contributed by atoms with Gasteiger partial charge in [0, 0.05) is 4.48 Å². The lowest BCUT2D eigenvalue weighted by Crippen LogP contribution is -1.73. The Bertz CT molecular complexity index is 86.9. The Hall–Kier alpha value is 0.700. The van der Waals surface area contributed by atoms with Gasteiger partial charge in [-0.25, -0.2) is 0 Å². The Labute approximate surface area is 74.0 Å². The van der Waals surface area contributed by atoms with Gasteiger partial charge in [-0.2, -0.15) is 0 Å². The second-order valence-corrected chi connectivity index (χ2v) is 3.49. The van der Waals surface area contributed by atoms with Crippen molar-refractivity contribution in [2.75, 3.05) is 0 Å². The molecule has 0 fully saturated rings. The van der Waals surface area contributed by atoms with Crippen LogP contribution in [-0.4, -0.2) is 0 Å². The topological polar surface area (TPSA) is 0 Å². The number of halogens is 2. The molecule has 0 amide bonds. The molecule has 0 rings (SSSR count). The Balaban J connectivity index is 3.07. The molecule has 0 N–H and O–H groups in total. The molecule has 0 bridgehead atoms. The Morgan fingerprint density at radius 1 is 1.44 bits per heavy atom. The third-order valence-corrected chi connectivity index (χ3v) is 2.93. The van der Waals surface area contributed by atoms with Crippen molar-refractivity contribution in [2.24, 2.45) is 0 Å². The van der Waals surface area contributed by atoms with Crippen molar-refractivity contribution in [3.63, 3.8) is 0 Å². The Morgan fingerprint density at radius 3 is 2.56 bits per heavy atom. The molecule has 0 saturated carbocycles. The molecule has 0 heterocycles. The van der Waals surface area contributed by atoms with Gasteiger partial charge in [-0.3, -0.25) is 0 Å². The minimum atomic E-state index is 1.17. The molecule has 0 unspecified atom stereocenters. The first-order valence-electron chi connectivity index (χ1n) is 3.26. The van der Waals surface area contributed by atoms with E-state index in [0.29, 0.717) is 0 Å². The summed E-state index contributed by atoms with van der Waals surface area (Å²) in [6.07, 6.45) is 5.08. The molecule has 0 aliphatic carbocycles. The highest BCUT2D eigenvalue weighted by atomic mass is 79.9. The van der Waals surface area contributed by atoms with E-state index in [1.807, 2.05) is 4.99 Å². The van der Waals surface area contributed by atoms with Crippen LogP contribution >= 0.6 is 31.9 Å². The number of rotatable bonds is 4. The van der Waals surface area contributed by atoms with Crippen molar-refractivity contribution in [2.45, 2.75) is 32.6 Å². The van der Waals surface area contributed by atoms with Gasteiger partial charge in [0.25, 0.3) is 0 Å². The Kier molecular flexibility index (Phi) is 7.34. The highest BCUT2D eigenvalue weighted by molar-refractivity contribution is 9.14. The van der Waals surface area contributed by atoms with Gasteiger partial charge >= 0.3 is 0 Å². The van der Waals surface area contributed by atoms with Crippen LogP contribution in [0.15, 0.2) is 9.47 Å². The number of hydrogen-bond acceptors (Lipinski definition) is 0. The second-order valence-electron chi connectivity index (χ2n) is 2.01. The molecule has 0 aromatic carbocycles. The van der Waals surface area contributed by atoms with Crippen LogP contribution in [0.1, 0.15) is 32.6 Å². The van der Waals surface area contributed by atoms with Crippen LogP contribution in [0.5, 0.6) is 0 Å². The van der Waals surface area contributed by atoms with E-state index in [1.165, 1.54) is 30.2 Å². The van der Waals surface area contributed by atoms with Gasteiger partial charge < -0.3 is 0 Å². The summed E-state index contributed by atoms with van der Waals surface area (Å²) in [5.74, 6) is 0. The summed E-state index contributed by atoms with van der Waals surface area (Å²) in [6.45, 7) is 2.21. The number of allylic oxidation sites excluding steroid dienone is 1. The molecule has 0 nitrogen and oxygen atoms in total. The van der Waals surface area contributed by atoms with Gasteiger partial charge in [-0.1, -0.05) is 51.6 Å². The van der Waals surface area contributed by atoms with Gasteiger partial charge in [-0.05, 0) is 17.8 Å². The standard InChI is InChI=1S/C7H12Br2/c1-2-3-4-5-7(9)6-8/h6H,2-5H2,1H3/b7-6+. The molecular weight excluding hydrogens is 244 g/mol. The smallest absolute Gasteiger partial charge is 0.00197 e. The minimum absolute atomic E-state index is 1.17. The SMILES string of the molecule is CCCCC/C(Br)=C\Br. The van der Waals surface area contributed by atoms with Crippen molar-refractivity contribution in [3.8, 4) is 0 Å². The van der Waals surface area contributed by atoms with Crippen molar-refractivity contribution in [3.05, 3.63) is 9.47 Å². The summed E-state index contributed by atoms with van der Waals surface area (Å²) in [4.78, 5) is 1.93. The van der Waals surface area contributed by atoms with Crippen LogP contribution in [0, 0.1) is 0 Å². The zero-order chi connectivity index (χ0) is 7.11. The summed E-state index contributed by atoms with van der Waals surface area (Å²) >= 11 is 6.68. The number of unbranched alkanes of at least 4 members (excludes halogenated alkanes) is 2. The maximum Gasteiger partial charge on any atom is 0.00197 e. The highest BCUT2D eigenvalue weighted by Crippen LogP contribution is 2.16. The molecule has 54 valence electrons. The van der Waals surface area contributed by atoms with Crippen molar-refractivity contribution >= 4 is 31.9 Å². The maximum absolute atomic E-state index is 3.42. The molecule has 9 heavy (non-hydrogen) atoms. The molecule has 0 aliphatic heterocycles. The van der Waals surface area contributed by atoms with Crippen LogP contribution in [0.2, 0.25) is 0 Å². The molecule has 0 saturated heterocycles. The minimum Gasteiger partial charge on any atom is -0.0654 e. The van der Waals surface area contributed by atoms with Crippen LogP contribution in [0.25, 0.3) is 0 Å². The number of hydrogen-bond donors (Lipinski definition) is 0. The summed E-state index contributed by atoms with van der Waals surface area (Å²) in [6, 6.07) is 0. The fourth-order valence-electron chi connectivity index (χ4n) is 0.598. The molecule has 2 heteroatoms. The summed E-state index contributed by atoms with van der Waals surface area (Å²) in [5, 5.41) is 0. The van der Waals surface area contributed by atoms with Crippen molar-refractivity contribution in [1.82, 2.24) is 0 Å². The first-order chi connectivity index (χ1) is 4.31. The summed E-state index contributed by atoms with van der Waals surface area (Å²) in [5.41, 5.74) is 0. The average molecular weight is 256 g/mol. The average Bonchev–Trinajstić information content (AvgIpc) is 1.89. The lowest BCUT2D eigenvalue weighted by molar-refractivity contribution is 0.727. The molecular formula is C7H12Br2. The van der Waals surface area contributed by atoms with E-state index < -0.39 is 0 Å². The molecule has 0 aromatic heterocycles. The predicted molar refractivity (Wildman–Crippen MR) is 50.1 cm³/mol. The molecule has 0 aromatic rings. The zero-order valence-corrected chi connectivity index (χ0v) is 8.83. The first-order valence-corrected chi connectivity index (χ1v) is 4.97. The van der Waals surface area contributed by atoms with Crippen molar-refractivity contribution < 1.29 is 0 Å². The van der Waals surface area contributed by atoms with E-state index in [4.69, 9.17) is 0 Å². The lowest BCUT2D eigenvalue weighted by atomic mass is 10.2. The van der Waals surface area contributed by atoms with Gasteiger partial charge in [0.15, 0.2) is 0 Å². The van der Waals surface area contributed by atoms with Crippen LogP contribution in [0.3, 0.4) is 0 Å². The van der Waals surface area contributed by atoms with Crippen LogP contribution in [-0.2, 0) is 0 Å². The largest absolute Gasteiger partial charge is 0.0654 e. The van der Waals surface area contributed by atoms with Gasteiger partial charge in [0.05, 0.1) is 0 Å². The van der Waals surface area contributed by atoms with Crippen LogP contribution < -0.4 is 0 Å². The van der Waals surface area contributed by atoms with Crippen LogP contribution in [0.4, 0.5) is 0 Å². The van der Waals surface area contributed by atoms with Crippen molar-refractivity contribution in [1.29, 1.82) is 0 Å². The highest BCUT2D eigenvalue weighted by Gasteiger charge is 1.88. The summed E-state index contributed by atoms with van der Waals surface area (Å²) < 4.78 is 1.26. The quantitative estimate of drug-likeness (QED) is 0.661. The van der Waals surface area contributed by atoms with Gasteiger partial charge in [0.2, 0.25) is 0 Å². The molecule has 0 aliphatic rings. The fourth-order valence-corrected chi connectivity index (χ4v) is 1.11. The van der Waals surface area contributed by atoms with E-state index in [0.717, 1.165) is 0 Å². The second kappa shape index (κ2) is 6.81. The first kappa shape index (κ1) is 9.70. The molecule has 0 atom stereocenters. The monoisotopic (exact) mass is 254 g/mol. The maximum atomic E-state index is 3.42. The summed E-state index contributed by atoms with van der Waals surface area (Å²) in [7, 11) is 0. The molecule has 0 radical (unpaired) electrons. The normalized spacial score (nSPS) is 12.1. The zero-order valence-electron chi connectivity index (χ0n) is 5.66. The fraction of sp³-hybridized carbons (Fsp3) is 0.714. The molecule has 0 spiro atoms. The van der Waals surface area contributed by atoms with E-state index in [2.05, 4.69) is 38.8 Å². The third-order valence-electron chi connectivity index (χ3n) is 1.14. The van der Waals surface area contributed by atoms with E-state index in [9.17, 15) is 0 Å². The lowest BCUT2D eigenvalue weighted by Gasteiger charge is -1.94. The van der Waals surface area contributed by atoms with E-state index in [-0.39, 0.29) is 0 Å². The third kappa shape index (κ3) is 6.59. The van der Waals surface area contributed by atoms with Gasteiger partial charge in [-0.15, -0.1) is 0 Å². The van der Waals surface area contributed by atoms with E-state index >= 15 is 0 Å². The Morgan fingerprint density at radius 2 is 2.11 bits per heavy atom. The van der Waals surface area contributed by atoms with Gasteiger partial charge in [0.1, 0.15) is 0 Å². The van der Waals surface area contributed by atoms with E-state index in [1.54, 1.807) is 0 Å². The predicted octanol–water partition coefficient (Wildman–Crippen LogP) is 4.20.